The molecule has 1 N–H and O–H groups in total. The second kappa shape index (κ2) is 8.18. The molecule has 0 aliphatic carbocycles. The van der Waals surface area contributed by atoms with Gasteiger partial charge in [0.2, 0.25) is 0 Å². The molecule has 0 saturated heterocycles. The molecule has 1 rings (SSSR count). The molecule has 19 heavy (non-hydrogen) atoms. The van der Waals surface area contributed by atoms with Crippen molar-refractivity contribution in [3.8, 4) is 0 Å². The number of nitrogens with one attached hydrogen (secondary N) is 1. The van der Waals surface area contributed by atoms with Gasteiger partial charge in [-0.15, -0.1) is 0 Å². The number of rotatable bonds is 7. The minimum absolute atomic E-state index is 0.326. The average molecular weight is 300 g/mol. The first-order valence-electron chi connectivity index (χ1n) is 7.02. The second-order valence-electron chi connectivity index (χ2n) is 5.91. The Balaban J connectivity index is 2.55. The van der Waals surface area contributed by atoms with Crippen molar-refractivity contribution in [1.82, 2.24) is 5.32 Å². The second-order valence-corrected chi connectivity index (χ2v) is 8.19. The average Bonchev–Trinajstić information content (AvgIpc) is 2.34. The number of hydrogen-bond donors (Lipinski definition) is 1. The van der Waals surface area contributed by atoms with E-state index in [0.717, 1.165) is 23.7 Å². The lowest BCUT2D eigenvalue weighted by Gasteiger charge is -2.24. The summed E-state index contributed by atoms with van der Waals surface area (Å²) in [7, 11) is 0. The van der Waals surface area contributed by atoms with E-state index in [4.69, 9.17) is 11.6 Å². The maximum Gasteiger partial charge on any atom is 0.0406 e. The maximum absolute atomic E-state index is 5.93. The van der Waals surface area contributed by atoms with E-state index in [-0.39, 0.29) is 0 Å². The largest absolute Gasteiger partial charge is 0.313 e. The van der Waals surface area contributed by atoms with Crippen LogP contribution >= 0.6 is 23.4 Å². The van der Waals surface area contributed by atoms with Gasteiger partial charge in [-0.05, 0) is 37.1 Å². The summed E-state index contributed by atoms with van der Waals surface area (Å²) < 4.78 is 0.326. The first kappa shape index (κ1) is 16.9. The summed E-state index contributed by atoms with van der Waals surface area (Å²) in [6.07, 6.45) is 2.25. The lowest BCUT2D eigenvalue weighted by atomic mass is 10.1. The van der Waals surface area contributed by atoms with Crippen LogP contribution in [0.2, 0.25) is 5.02 Å². The lowest BCUT2D eigenvalue weighted by Crippen LogP contribution is -2.35. The minimum Gasteiger partial charge on any atom is -0.313 e. The predicted octanol–water partition coefficient (Wildman–Crippen LogP) is 4.78. The highest BCUT2D eigenvalue weighted by molar-refractivity contribution is 8.00. The van der Waals surface area contributed by atoms with E-state index in [2.05, 4.69) is 45.1 Å². The number of halogens is 1. The third-order valence-corrected chi connectivity index (χ3v) is 4.48. The summed E-state index contributed by atoms with van der Waals surface area (Å²) >= 11 is 7.96. The van der Waals surface area contributed by atoms with Crippen molar-refractivity contribution in [1.29, 1.82) is 0 Å². The molecular weight excluding hydrogens is 274 g/mol. The van der Waals surface area contributed by atoms with Gasteiger partial charge in [-0.3, -0.25) is 0 Å². The molecule has 108 valence electrons. The summed E-state index contributed by atoms with van der Waals surface area (Å²) in [4.78, 5) is 0. The van der Waals surface area contributed by atoms with Gasteiger partial charge >= 0.3 is 0 Å². The first-order valence-corrected chi connectivity index (χ1v) is 8.39. The molecule has 0 aromatic heterocycles. The topological polar surface area (TPSA) is 12.0 Å². The summed E-state index contributed by atoms with van der Waals surface area (Å²) in [5, 5.41) is 4.46. The molecule has 0 aliphatic rings. The van der Waals surface area contributed by atoms with Crippen LogP contribution in [0, 0.1) is 0 Å². The van der Waals surface area contributed by atoms with Crippen molar-refractivity contribution >= 4 is 23.4 Å². The molecule has 1 atom stereocenters. The highest BCUT2D eigenvalue weighted by Gasteiger charge is 2.15. The Hall–Kier alpha value is -0.180. The Bertz CT molecular complexity index is 356. The molecule has 1 aromatic rings. The molecule has 0 radical (unpaired) electrons. The maximum atomic E-state index is 5.93. The van der Waals surface area contributed by atoms with E-state index in [1.807, 2.05) is 23.9 Å². The van der Waals surface area contributed by atoms with Crippen LogP contribution in [0.25, 0.3) is 0 Å². The SMILES string of the molecule is CCCNC(CSC(C)(C)C)Cc1ccc(Cl)cc1. The summed E-state index contributed by atoms with van der Waals surface area (Å²) in [6, 6.07) is 8.75. The van der Waals surface area contributed by atoms with E-state index in [0.29, 0.717) is 10.8 Å². The Labute approximate surface area is 127 Å². The molecule has 1 aromatic carbocycles. The first-order chi connectivity index (χ1) is 8.90. The molecule has 0 amide bonds. The number of thioether (sulfide) groups is 1. The Morgan fingerprint density at radius 3 is 2.37 bits per heavy atom. The van der Waals surface area contributed by atoms with Crippen LogP contribution in [-0.4, -0.2) is 23.1 Å². The molecule has 0 spiro atoms. The van der Waals surface area contributed by atoms with Gasteiger partial charge < -0.3 is 5.32 Å². The molecule has 1 nitrogen and oxygen atoms in total. The summed E-state index contributed by atoms with van der Waals surface area (Å²) in [5.74, 6) is 1.14. The predicted molar refractivity (Wildman–Crippen MR) is 89.4 cm³/mol. The van der Waals surface area contributed by atoms with E-state index < -0.39 is 0 Å². The minimum atomic E-state index is 0.326. The molecule has 0 heterocycles. The molecule has 0 fully saturated rings. The van der Waals surface area contributed by atoms with Crippen LogP contribution in [0.15, 0.2) is 24.3 Å². The van der Waals surface area contributed by atoms with E-state index in [1.54, 1.807) is 0 Å². The van der Waals surface area contributed by atoms with Crippen LogP contribution in [0.3, 0.4) is 0 Å². The normalized spacial score (nSPS) is 13.5. The van der Waals surface area contributed by atoms with Gasteiger partial charge in [0.05, 0.1) is 0 Å². The van der Waals surface area contributed by atoms with Crippen molar-refractivity contribution in [2.75, 3.05) is 12.3 Å². The molecule has 3 heteroatoms. The van der Waals surface area contributed by atoms with Crippen LogP contribution in [0.5, 0.6) is 0 Å². The van der Waals surface area contributed by atoms with Crippen molar-refractivity contribution in [2.45, 2.75) is 51.3 Å². The fourth-order valence-electron chi connectivity index (χ4n) is 1.79. The zero-order valence-electron chi connectivity index (χ0n) is 12.5. The molecule has 0 aliphatic heterocycles. The Morgan fingerprint density at radius 1 is 1.21 bits per heavy atom. The summed E-state index contributed by atoms with van der Waals surface area (Å²) in [6.45, 7) is 10.1. The molecular formula is C16H26ClNS. The van der Waals surface area contributed by atoms with Gasteiger partial charge in [0.1, 0.15) is 0 Å². The molecule has 1 unspecified atom stereocenters. The van der Waals surface area contributed by atoms with Crippen molar-refractivity contribution in [3.63, 3.8) is 0 Å². The third-order valence-electron chi connectivity index (χ3n) is 2.80. The third kappa shape index (κ3) is 7.86. The van der Waals surface area contributed by atoms with E-state index in [9.17, 15) is 0 Å². The number of benzene rings is 1. The van der Waals surface area contributed by atoms with E-state index >= 15 is 0 Å². The van der Waals surface area contributed by atoms with Crippen molar-refractivity contribution in [3.05, 3.63) is 34.9 Å². The van der Waals surface area contributed by atoms with Crippen molar-refractivity contribution < 1.29 is 0 Å². The van der Waals surface area contributed by atoms with Gasteiger partial charge in [0.25, 0.3) is 0 Å². The van der Waals surface area contributed by atoms with Crippen LogP contribution in [0.4, 0.5) is 0 Å². The standard InChI is InChI=1S/C16H26ClNS/c1-5-10-18-15(12-19-16(2,3)4)11-13-6-8-14(17)9-7-13/h6-9,15,18H,5,10-12H2,1-4H3. The zero-order valence-corrected chi connectivity index (χ0v) is 14.1. The van der Waals surface area contributed by atoms with Gasteiger partial charge in [-0.25, -0.2) is 0 Å². The lowest BCUT2D eigenvalue weighted by molar-refractivity contribution is 0.548. The Morgan fingerprint density at radius 2 is 1.84 bits per heavy atom. The zero-order chi connectivity index (χ0) is 14.3. The number of hydrogen-bond acceptors (Lipinski definition) is 2. The summed E-state index contributed by atoms with van der Waals surface area (Å²) in [5.41, 5.74) is 1.35. The van der Waals surface area contributed by atoms with Gasteiger partial charge in [0.15, 0.2) is 0 Å². The van der Waals surface area contributed by atoms with E-state index in [1.165, 1.54) is 12.0 Å². The van der Waals surface area contributed by atoms with Crippen LogP contribution in [-0.2, 0) is 6.42 Å². The smallest absolute Gasteiger partial charge is 0.0406 e. The quantitative estimate of drug-likeness (QED) is 0.777. The Kier molecular flexibility index (Phi) is 7.27. The highest BCUT2D eigenvalue weighted by atomic mass is 35.5. The molecule has 0 bridgehead atoms. The van der Waals surface area contributed by atoms with Gasteiger partial charge in [-0.1, -0.05) is 51.4 Å². The fraction of sp³-hybridized carbons (Fsp3) is 0.625. The van der Waals surface area contributed by atoms with Gasteiger partial charge in [-0.2, -0.15) is 11.8 Å². The van der Waals surface area contributed by atoms with Gasteiger partial charge in [0, 0.05) is 21.6 Å². The van der Waals surface area contributed by atoms with Crippen molar-refractivity contribution in [2.24, 2.45) is 0 Å². The fourth-order valence-corrected chi connectivity index (χ4v) is 2.86. The van der Waals surface area contributed by atoms with Crippen LogP contribution in [0.1, 0.15) is 39.7 Å². The molecule has 0 saturated carbocycles. The highest BCUT2D eigenvalue weighted by Crippen LogP contribution is 2.24. The van der Waals surface area contributed by atoms with Crippen LogP contribution < -0.4 is 5.32 Å². The monoisotopic (exact) mass is 299 g/mol.